The van der Waals surface area contributed by atoms with E-state index in [9.17, 15) is 9.50 Å². The number of nitrogens with zero attached hydrogens (tertiary/aromatic N) is 3. The van der Waals surface area contributed by atoms with Crippen LogP contribution in [0.2, 0.25) is 0 Å². The second-order valence-corrected chi connectivity index (χ2v) is 7.93. The monoisotopic (exact) mass is 370 g/mol. The number of likely N-dealkylation sites (N-methyl/N-ethyl adjacent to an activating group) is 1. The molecule has 0 amide bonds. The Morgan fingerprint density at radius 1 is 1.15 bits per heavy atom. The molecule has 1 aromatic carbocycles. The molecule has 0 unspecified atom stereocenters. The number of aryl methyl sites for hydroxylation is 1. The highest BCUT2D eigenvalue weighted by atomic mass is 19.1. The first kappa shape index (κ1) is 18.2. The first-order valence-corrected chi connectivity index (χ1v) is 9.86. The Morgan fingerprint density at radius 3 is 2.70 bits per heavy atom. The van der Waals surface area contributed by atoms with E-state index in [2.05, 4.69) is 27.5 Å². The number of benzene rings is 1. The van der Waals surface area contributed by atoms with Gasteiger partial charge in [-0.2, -0.15) is 0 Å². The summed E-state index contributed by atoms with van der Waals surface area (Å²) in [7, 11) is 2.15. The number of rotatable bonds is 3. The Labute approximate surface area is 159 Å². The van der Waals surface area contributed by atoms with Crippen LogP contribution in [-0.2, 0) is 12.8 Å². The van der Waals surface area contributed by atoms with Crippen molar-refractivity contribution in [3.05, 3.63) is 34.6 Å². The molecule has 2 aliphatic rings. The number of likely N-dealkylation sites (tertiary alicyclic amines) is 1. The molecule has 144 valence electrons. The van der Waals surface area contributed by atoms with Gasteiger partial charge < -0.3 is 15.3 Å². The van der Waals surface area contributed by atoms with E-state index in [1.165, 1.54) is 24.1 Å². The molecule has 1 atom stereocenters. The van der Waals surface area contributed by atoms with Crippen molar-refractivity contribution in [2.24, 2.45) is 0 Å². The van der Waals surface area contributed by atoms with Crippen molar-refractivity contribution in [3.63, 3.8) is 0 Å². The average Bonchev–Trinajstić information content (AvgIpc) is 2.65. The highest BCUT2D eigenvalue weighted by Crippen LogP contribution is 2.37. The van der Waals surface area contributed by atoms with Gasteiger partial charge in [-0.25, -0.2) is 4.39 Å². The number of piperidine rings is 1. The largest absolute Gasteiger partial charge is 0.507 e. The summed E-state index contributed by atoms with van der Waals surface area (Å²) in [6.45, 7) is 3.79. The Hall–Kier alpha value is -2.21. The number of nitrogens with one attached hydrogen (secondary N) is 1. The summed E-state index contributed by atoms with van der Waals surface area (Å²) in [5.41, 5.74) is 3.76. The topological polar surface area (TPSA) is 61.3 Å². The number of phenolic OH excluding ortho intramolecular Hbond substituents is 1. The van der Waals surface area contributed by atoms with E-state index in [0.29, 0.717) is 22.9 Å². The Balaban J connectivity index is 1.72. The molecule has 0 saturated carbocycles. The molecule has 0 spiro atoms. The SMILES string of the molecule is Cc1cc(O)c(-c2nnc(N[C@@H]3CCCN(C)C3)c3c2CCCC3)cc1F. The third kappa shape index (κ3) is 3.63. The molecule has 5 nitrogen and oxygen atoms in total. The molecule has 2 N–H and O–H groups in total. The van der Waals surface area contributed by atoms with Crippen molar-refractivity contribution in [1.29, 1.82) is 0 Å². The zero-order valence-corrected chi connectivity index (χ0v) is 16.1. The molecule has 1 aliphatic carbocycles. The third-order valence-electron chi connectivity index (χ3n) is 5.79. The predicted molar refractivity (Wildman–Crippen MR) is 105 cm³/mol. The highest BCUT2D eigenvalue weighted by Gasteiger charge is 2.25. The van der Waals surface area contributed by atoms with E-state index >= 15 is 0 Å². The molecule has 2 aromatic rings. The minimum atomic E-state index is -0.332. The van der Waals surface area contributed by atoms with Gasteiger partial charge in [0.2, 0.25) is 0 Å². The fraction of sp³-hybridized carbons (Fsp3) is 0.524. The lowest BCUT2D eigenvalue weighted by atomic mass is 9.88. The van der Waals surface area contributed by atoms with Gasteiger partial charge in [0.05, 0.1) is 0 Å². The second kappa shape index (κ2) is 7.43. The number of fused-ring (bicyclic) bond motifs is 1. The van der Waals surface area contributed by atoms with Gasteiger partial charge in [-0.1, -0.05) is 0 Å². The molecule has 1 fully saturated rings. The van der Waals surface area contributed by atoms with E-state index in [4.69, 9.17) is 0 Å². The van der Waals surface area contributed by atoms with Gasteiger partial charge >= 0.3 is 0 Å². The Bertz CT molecular complexity index is 855. The van der Waals surface area contributed by atoms with Gasteiger partial charge in [0.15, 0.2) is 5.82 Å². The minimum Gasteiger partial charge on any atom is -0.507 e. The summed E-state index contributed by atoms with van der Waals surface area (Å²) in [6, 6.07) is 3.22. The molecular weight excluding hydrogens is 343 g/mol. The molecule has 4 rings (SSSR count). The van der Waals surface area contributed by atoms with Crippen LogP contribution in [0.1, 0.15) is 42.4 Å². The number of halogens is 1. The van der Waals surface area contributed by atoms with Crippen LogP contribution in [0, 0.1) is 12.7 Å². The summed E-state index contributed by atoms with van der Waals surface area (Å²) in [6.07, 6.45) is 6.33. The normalized spacial score (nSPS) is 20.3. The number of phenols is 1. The van der Waals surface area contributed by atoms with E-state index in [0.717, 1.165) is 56.6 Å². The summed E-state index contributed by atoms with van der Waals surface area (Å²) < 4.78 is 14.1. The van der Waals surface area contributed by atoms with Gasteiger partial charge in [0, 0.05) is 23.7 Å². The van der Waals surface area contributed by atoms with Crippen molar-refractivity contribution in [2.45, 2.75) is 51.5 Å². The van der Waals surface area contributed by atoms with Gasteiger partial charge in [-0.3, -0.25) is 0 Å². The maximum absolute atomic E-state index is 14.1. The van der Waals surface area contributed by atoms with Crippen LogP contribution in [0.15, 0.2) is 12.1 Å². The van der Waals surface area contributed by atoms with Gasteiger partial charge in [-0.15, -0.1) is 10.2 Å². The number of aromatic nitrogens is 2. The fourth-order valence-corrected chi connectivity index (χ4v) is 4.31. The number of hydrogen-bond acceptors (Lipinski definition) is 5. The maximum atomic E-state index is 14.1. The number of anilines is 1. The molecule has 27 heavy (non-hydrogen) atoms. The zero-order valence-electron chi connectivity index (χ0n) is 16.1. The number of aromatic hydroxyl groups is 1. The molecular formula is C21H27FN4O. The summed E-state index contributed by atoms with van der Waals surface area (Å²) in [5, 5.41) is 22.9. The van der Waals surface area contributed by atoms with Crippen LogP contribution < -0.4 is 5.32 Å². The highest BCUT2D eigenvalue weighted by molar-refractivity contribution is 5.73. The van der Waals surface area contributed by atoms with Crippen LogP contribution in [0.5, 0.6) is 5.75 Å². The average molecular weight is 370 g/mol. The van der Waals surface area contributed by atoms with E-state index in [1.54, 1.807) is 6.92 Å². The third-order valence-corrected chi connectivity index (χ3v) is 5.79. The smallest absolute Gasteiger partial charge is 0.152 e. The van der Waals surface area contributed by atoms with Crippen molar-refractivity contribution in [2.75, 3.05) is 25.5 Å². The number of hydrogen-bond donors (Lipinski definition) is 2. The molecule has 0 radical (unpaired) electrons. The zero-order chi connectivity index (χ0) is 19.0. The fourth-order valence-electron chi connectivity index (χ4n) is 4.31. The lowest BCUT2D eigenvalue weighted by Gasteiger charge is -2.31. The maximum Gasteiger partial charge on any atom is 0.152 e. The van der Waals surface area contributed by atoms with Crippen molar-refractivity contribution < 1.29 is 9.50 Å². The molecule has 6 heteroatoms. The summed E-state index contributed by atoms with van der Waals surface area (Å²) in [4.78, 5) is 2.34. The van der Waals surface area contributed by atoms with Gasteiger partial charge in [0.1, 0.15) is 17.3 Å². The Morgan fingerprint density at radius 2 is 1.93 bits per heavy atom. The van der Waals surface area contributed by atoms with Crippen molar-refractivity contribution in [3.8, 4) is 17.0 Å². The standard InChI is InChI=1S/C21H27FN4O/c1-13-10-19(27)17(11-18(13)22)20-15-7-3-4-8-16(15)21(25-24-20)23-14-6-5-9-26(2)12-14/h10-11,14,27H,3-9,12H2,1-2H3,(H,23,25)/t14-/m1/s1. The lowest BCUT2D eigenvalue weighted by Crippen LogP contribution is -2.40. The summed E-state index contributed by atoms with van der Waals surface area (Å²) in [5.74, 6) is 0.591. The van der Waals surface area contributed by atoms with Crippen molar-refractivity contribution in [1.82, 2.24) is 15.1 Å². The van der Waals surface area contributed by atoms with Crippen LogP contribution in [0.3, 0.4) is 0 Å². The molecule has 0 bridgehead atoms. The summed E-state index contributed by atoms with van der Waals surface area (Å²) >= 11 is 0. The van der Waals surface area contributed by atoms with Crippen LogP contribution in [0.4, 0.5) is 10.2 Å². The van der Waals surface area contributed by atoms with E-state index in [1.807, 2.05) is 0 Å². The predicted octanol–water partition coefficient (Wildman–Crippen LogP) is 3.68. The first-order chi connectivity index (χ1) is 13.0. The lowest BCUT2D eigenvalue weighted by molar-refractivity contribution is 0.260. The molecule has 1 saturated heterocycles. The quantitative estimate of drug-likeness (QED) is 0.863. The van der Waals surface area contributed by atoms with Crippen molar-refractivity contribution >= 4 is 5.82 Å². The minimum absolute atomic E-state index is 0.0607. The van der Waals surface area contributed by atoms with Crippen LogP contribution in [-0.4, -0.2) is 46.4 Å². The van der Waals surface area contributed by atoms with Crippen LogP contribution in [0.25, 0.3) is 11.3 Å². The molecule has 2 heterocycles. The molecule has 1 aliphatic heterocycles. The molecule has 1 aromatic heterocycles. The van der Waals surface area contributed by atoms with Crippen LogP contribution >= 0.6 is 0 Å². The van der Waals surface area contributed by atoms with Gasteiger partial charge in [0.25, 0.3) is 0 Å². The van der Waals surface area contributed by atoms with Gasteiger partial charge in [-0.05, 0) is 82.3 Å². The van der Waals surface area contributed by atoms with E-state index in [-0.39, 0.29) is 11.6 Å². The van der Waals surface area contributed by atoms with E-state index < -0.39 is 0 Å². The second-order valence-electron chi connectivity index (χ2n) is 7.93. The Kier molecular flexibility index (Phi) is 5.00. The first-order valence-electron chi connectivity index (χ1n) is 9.86.